The van der Waals surface area contributed by atoms with Crippen LogP contribution in [-0.2, 0) is 16.1 Å². The maximum absolute atomic E-state index is 11.3. The topological polar surface area (TPSA) is 126 Å². The molecule has 34 heavy (non-hydrogen) atoms. The van der Waals surface area contributed by atoms with E-state index < -0.39 is 5.91 Å². The molecule has 1 saturated carbocycles. The summed E-state index contributed by atoms with van der Waals surface area (Å²) in [6.45, 7) is 2.66. The van der Waals surface area contributed by atoms with E-state index in [0.717, 1.165) is 41.7 Å². The van der Waals surface area contributed by atoms with Crippen molar-refractivity contribution in [1.82, 2.24) is 30.3 Å². The summed E-state index contributed by atoms with van der Waals surface area (Å²) in [6.07, 6.45) is 9.36. The standard InChI is InChI=1S/C24H29N7O3/c32-20(30-33)9-8-16-4-3-5-17(12-16)13-26-23-21-24(31(15-27-21)18-6-1-2-7-18)29-22(28-23)19-14-25-10-11-34-19/h3-5,8-9,12,15,18-19,25,33H,1-2,6-7,10-11,13-14H2,(H,30,32)(H,26,28,29)/b9-8+. The number of carbonyl (C=O) groups is 1. The van der Waals surface area contributed by atoms with Crippen molar-refractivity contribution in [2.24, 2.45) is 0 Å². The number of ether oxygens (including phenoxy) is 1. The molecule has 10 heteroatoms. The highest BCUT2D eigenvalue weighted by Gasteiger charge is 2.25. The third kappa shape index (κ3) is 4.93. The van der Waals surface area contributed by atoms with Crippen LogP contribution in [0, 0.1) is 0 Å². The van der Waals surface area contributed by atoms with Gasteiger partial charge in [0.15, 0.2) is 17.3 Å². The summed E-state index contributed by atoms with van der Waals surface area (Å²) in [5.41, 5.74) is 5.07. The molecule has 1 amide bonds. The molecular weight excluding hydrogens is 434 g/mol. The normalized spacial score (nSPS) is 19.1. The molecule has 2 fully saturated rings. The van der Waals surface area contributed by atoms with Crippen LogP contribution in [0.2, 0.25) is 0 Å². The molecule has 1 unspecified atom stereocenters. The molecule has 0 bridgehead atoms. The van der Waals surface area contributed by atoms with Gasteiger partial charge in [0.05, 0.1) is 12.9 Å². The highest BCUT2D eigenvalue weighted by atomic mass is 16.5. The largest absolute Gasteiger partial charge is 0.368 e. The first-order valence-electron chi connectivity index (χ1n) is 11.7. The number of nitrogens with zero attached hydrogens (tertiary/aromatic N) is 4. The first kappa shape index (κ1) is 22.5. The van der Waals surface area contributed by atoms with Gasteiger partial charge in [-0.25, -0.2) is 20.4 Å². The first-order chi connectivity index (χ1) is 16.7. The molecule has 2 aliphatic rings. The average molecular weight is 464 g/mol. The second kappa shape index (κ2) is 10.3. The van der Waals surface area contributed by atoms with Gasteiger partial charge in [0, 0.05) is 31.8 Å². The van der Waals surface area contributed by atoms with Gasteiger partial charge in [-0.15, -0.1) is 0 Å². The fourth-order valence-corrected chi connectivity index (χ4v) is 4.58. The highest BCUT2D eigenvalue weighted by molar-refractivity contribution is 5.90. The van der Waals surface area contributed by atoms with Crippen LogP contribution in [0.1, 0.15) is 54.8 Å². The lowest BCUT2D eigenvalue weighted by Gasteiger charge is -2.23. The Kier molecular flexibility index (Phi) is 6.79. The molecule has 1 aliphatic carbocycles. The number of anilines is 1. The van der Waals surface area contributed by atoms with Crippen molar-refractivity contribution in [1.29, 1.82) is 0 Å². The lowest BCUT2D eigenvalue weighted by Crippen LogP contribution is -2.34. The van der Waals surface area contributed by atoms with Crippen molar-refractivity contribution in [2.75, 3.05) is 25.0 Å². The maximum atomic E-state index is 11.3. The average Bonchev–Trinajstić information content (AvgIpc) is 3.56. The number of nitrogens with one attached hydrogen (secondary N) is 3. The lowest BCUT2D eigenvalue weighted by molar-refractivity contribution is -0.124. The zero-order valence-corrected chi connectivity index (χ0v) is 18.9. The molecule has 3 aromatic rings. The quantitative estimate of drug-likeness (QED) is 0.239. The summed E-state index contributed by atoms with van der Waals surface area (Å²) >= 11 is 0. The fraction of sp³-hybridized carbons (Fsp3) is 0.417. The first-order valence-corrected chi connectivity index (χ1v) is 11.7. The smallest absolute Gasteiger partial charge is 0.267 e. The Labute approximate surface area is 197 Å². The minimum Gasteiger partial charge on any atom is -0.368 e. The van der Waals surface area contributed by atoms with Gasteiger partial charge in [-0.3, -0.25) is 10.0 Å². The monoisotopic (exact) mass is 463 g/mol. The van der Waals surface area contributed by atoms with Crippen molar-refractivity contribution in [3.8, 4) is 0 Å². The van der Waals surface area contributed by atoms with Gasteiger partial charge in [0.2, 0.25) is 0 Å². The van der Waals surface area contributed by atoms with E-state index in [1.807, 2.05) is 30.6 Å². The van der Waals surface area contributed by atoms with Gasteiger partial charge in [0.25, 0.3) is 5.91 Å². The van der Waals surface area contributed by atoms with E-state index in [-0.39, 0.29) is 6.10 Å². The molecule has 0 radical (unpaired) electrons. The second-order valence-corrected chi connectivity index (χ2v) is 8.66. The van der Waals surface area contributed by atoms with Crippen LogP contribution in [0.5, 0.6) is 0 Å². The van der Waals surface area contributed by atoms with Crippen molar-refractivity contribution >= 4 is 29.0 Å². The zero-order chi connectivity index (χ0) is 23.3. The minimum absolute atomic E-state index is 0.197. The molecule has 1 aliphatic heterocycles. The summed E-state index contributed by atoms with van der Waals surface area (Å²) in [4.78, 5) is 25.7. The molecule has 3 heterocycles. The number of hydrogen-bond acceptors (Lipinski definition) is 8. The Balaban J connectivity index is 1.43. The summed E-state index contributed by atoms with van der Waals surface area (Å²) in [5, 5.41) is 15.5. The number of morpholine rings is 1. The third-order valence-corrected chi connectivity index (χ3v) is 6.32. The van der Waals surface area contributed by atoms with Gasteiger partial charge >= 0.3 is 0 Å². The Morgan fingerprint density at radius 3 is 2.97 bits per heavy atom. The van der Waals surface area contributed by atoms with E-state index in [2.05, 4.69) is 20.2 Å². The van der Waals surface area contributed by atoms with E-state index in [4.69, 9.17) is 19.9 Å². The summed E-state index contributed by atoms with van der Waals surface area (Å²) in [5.74, 6) is 0.775. The predicted molar refractivity (Wildman–Crippen MR) is 127 cm³/mol. The van der Waals surface area contributed by atoms with Crippen LogP contribution in [0.3, 0.4) is 0 Å². The maximum Gasteiger partial charge on any atom is 0.267 e. The number of hydroxylamine groups is 1. The molecule has 2 aromatic heterocycles. The molecule has 10 nitrogen and oxygen atoms in total. The Morgan fingerprint density at radius 1 is 1.29 bits per heavy atom. The lowest BCUT2D eigenvalue weighted by atomic mass is 10.1. The van der Waals surface area contributed by atoms with E-state index in [0.29, 0.717) is 37.4 Å². The van der Waals surface area contributed by atoms with Crippen molar-refractivity contribution < 1.29 is 14.7 Å². The van der Waals surface area contributed by atoms with Crippen LogP contribution in [-0.4, -0.2) is 50.3 Å². The SMILES string of the molecule is O=C(/C=C/c1cccc(CNc2nc(C3CNCCO3)nc3c2ncn3C2CCCC2)c1)NO. The second-order valence-electron chi connectivity index (χ2n) is 8.66. The number of carbonyl (C=O) groups excluding carboxylic acids is 1. The van der Waals surface area contributed by atoms with Crippen molar-refractivity contribution in [3.63, 3.8) is 0 Å². The van der Waals surface area contributed by atoms with Gasteiger partial charge < -0.3 is 19.9 Å². The molecule has 0 spiro atoms. The third-order valence-electron chi connectivity index (χ3n) is 6.32. The minimum atomic E-state index is -0.572. The Morgan fingerprint density at radius 2 is 2.18 bits per heavy atom. The number of amides is 1. The van der Waals surface area contributed by atoms with E-state index in [9.17, 15) is 4.79 Å². The summed E-state index contributed by atoms with van der Waals surface area (Å²) in [7, 11) is 0. The van der Waals surface area contributed by atoms with Crippen molar-refractivity contribution in [3.05, 3.63) is 53.6 Å². The molecule has 1 aromatic carbocycles. The van der Waals surface area contributed by atoms with Crippen LogP contribution in [0.15, 0.2) is 36.7 Å². The predicted octanol–water partition coefficient (Wildman–Crippen LogP) is 2.73. The van der Waals surface area contributed by atoms with E-state index in [1.165, 1.54) is 18.9 Å². The summed E-state index contributed by atoms with van der Waals surface area (Å²) in [6, 6.07) is 8.21. The van der Waals surface area contributed by atoms with Crippen molar-refractivity contribution in [2.45, 2.75) is 44.4 Å². The number of hydrogen-bond donors (Lipinski definition) is 4. The number of benzene rings is 1. The molecule has 1 saturated heterocycles. The molecule has 4 N–H and O–H groups in total. The van der Waals surface area contributed by atoms with Crippen LogP contribution in [0.25, 0.3) is 17.2 Å². The van der Waals surface area contributed by atoms with E-state index >= 15 is 0 Å². The molecule has 5 rings (SSSR count). The Hall–Kier alpha value is -3.34. The molecule has 178 valence electrons. The number of fused-ring (bicyclic) bond motifs is 1. The summed E-state index contributed by atoms with van der Waals surface area (Å²) < 4.78 is 8.14. The van der Waals surface area contributed by atoms with Crippen LogP contribution in [0.4, 0.5) is 5.82 Å². The van der Waals surface area contributed by atoms with E-state index in [1.54, 1.807) is 11.6 Å². The highest BCUT2D eigenvalue weighted by Crippen LogP contribution is 2.33. The van der Waals surface area contributed by atoms with Gasteiger partial charge in [-0.2, -0.15) is 0 Å². The number of aromatic nitrogens is 4. The fourth-order valence-electron chi connectivity index (χ4n) is 4.58. The van der Waals surface area contributed by atoms with Gasteiger partial charge in [-0.05, 0) is 36.1 Å². The van der Waals surface area contributed by atoms with Crippen LogP contribution < -0.4 is 16.1 Å². The van der Waals surface area contributed by atoms with Gasteiger partial charge in [0.1, 0.15) is 11.6 Å². The Bertz CT molecular complexity index is 1180. The zero-order valence-electron chi connectivity index (χ0n) is 18.9. The number of rotatable bonds is 7. The van der Waals surface area contributed by atoms with Gasteiger partial charge in [-0.1, -0.05) is 31.0 Å². The number of imidazole rings is 1. The molecule has 1 atom stereocenters. The van der Waals surface area contributed by atoms with Crippen LogP contribution >= 0.6 is 0 Å². The molecular formula is C24H29N7O3.